The van der Waals surface area contributed by atoms with E-state index < -0.39 is 0 Å². The molecule has 6 nitrogen and oxygen atoms in total. The third-order valence-electron chi connectivity index (χ3n) is 5.15. The second-order valence-corrected chi connectivity index (χ2v) is 8.41. The Balaban J connectivity index is 1.52. The second-order valence-electron chi connectivity index (χ2n) is 7.13. The van der Waals surface area contributed by atoms with Crippen LogP contribution in [-0.4, -0.2) is 30.1 Å². The van der Waals surface area contributed by atoms with Crippen molar-refractivity contribution in [1.82, 2.24) is 30.1 Å². The molecule has 6 rings (SSSR count). The number of imidazole rings is 1. The Hall–Kier alpha value is -3.84. The number of rotatable bonds is 3. The smallest absolute Gasteiger partial charge is 0.159 e. The fourth-order valence-corrected chi connectivity index (χ4v) is 4.59. The molecular formula is C23H16N6S. The van der Waals surface area contributed by atoms with Crippen LogP contribution in [0.3, 0.4) is 0 Å². The zero-order valence-corrected chi connectivity index (χ0v) is 16.9. The van der Waals surface area contributed by atoms with E-state index >= 15 is 0 Å². The molecular weight excluding hydrogens is 392 g/mol. The molecule has 0 radical (unpaired) electrons. The van der Waals surface area contributed by atoms with Gasteiger partial charge in [-0.1, -0.05) is 12.1 Å². The summed E-state index contributed by atoms with van der Waals surface area (Å²) in [6.45, 7) is 2.12. The van der Waals surface area contributed by atoms with Gasteiger partial charge in [0.2, 0.25) is 0 Å². The number of hydrogen-bond acceptors (Lipinski definition) is 5. The van der Waals surface area contributed by atoms with Crippen molar-refractivity contribution in [3.8, 4) is 33.2 Å². The van der Waals surface area contributed by atoms with E-state index in [0.29, 0.717) is 0 Å². The first-order valence-corrected chi connectivity index (χ1v) is 10.4. The largest absolute Gasteiger partial charge is 0.337 e. The van der Waals surface area contributed by atoms with Crippen LogP contribution in [-0.2, 0) is 0 Å². The van der Waals surface area contributed by atoms with E-state index in [4.69, 9.17) is 4.98 Å². The summed E-state index contributed by atoms with van der Waals surface area (Å²) >= 11 is 1.77. The van der Waals surface area contributed by atoms with E-state index in [9.17, 15) is 0 Å². The standard InChI is InChI=1S/C23H16N6S/c1-13-7-8-20(30-13)15-5-2-6-17-21(15)27-23(26-17)22-16-10-18(14-4-3-9-24-11-14)25-12-19(16)28-29-22/h2-12H,1H3,(H,26,27)(H,28,29). The van der Waals surface area contributed by atoms with Crippen molar-refractivity contribution >= 4 is 33.3 Å². The summed E-state index contributed by atoms with van der Waals surface area (Å²) in [5.41, 5.74) is 6.54. The number of H-pyrrole nitrogens is 2. The van der Waals surface area contributed by atoms with Crippen LogP contribution in [0.25, 0.3) is 55.2 Å². The molecule has 6 aromatic rings. The van der Waals surface area contributed by atoms with Gasteiger partial charge in [0.15, 0.2) is 5.82 Å². The number of hydrogen-bond donors (Lipinski definition) is 2. The lowest BCUT2D eigenvalue weighted by molar-refractivity contribution is 1.10. The van der Waals surface area contributed by atoms with Gasteiger partial charge in [-0.2, -0.15) is 5.10 Å². The lowest BCUT2D eigenvalue weighted by atomic mass is 10.1. The number of nitrogens with one attached hydrogen (secondary N) is 2. The number of benzene rings is 1. The number of aryl methyl sites for hydroxylation is 1. The van der Waals surface area contributed by atoms with E-state index in [-0.39, 0.29) is 0 Å². The molecule has 5 heterocycles. The van der Waals surface area contributed by atoms with Crippen LogP contribution < -0.4 is 0 Å². The fourth-order valence-electron chi connectivity index (χ4n) is 3.69. The fraction of sp³-hybridized carbons (Fsp3) is 0.0435. The van der Waals surface area contributed by atoms with Crippen LogP contribution in [0.4, 0.5) is 0 Å². The Morgan fingerprint density at radius 1 is 0.967 bits per heavy atom. The molecule has 1 aromatic carbocycles. The lowest BCUT2D eigenvalue weighted by Crippen LogP contribution is -1.85. The van der Waals surface area contributed by atoms with Crippen molar-refractivity contribution in [2.45, 2.75) is 6.92 Å². The highest BCUT2D eigenvalue weighted by Crippen LogP contribution is 2.35. The highest BCUT2D eigenvalue weighted by atomic mass is 32.1. The number of aromatic amines is 2. The molecule has 0 unspecified atom stereocenters. The Kier molecular flexibility index (Phi) is 3.75. The summed E-state index contributed by atoms with van der Waals surface area (Å²) in [6.07, 6.45) is 5.37. The zero-order chi connectivity index (χ0) is 20.1. The summed E-state index contributed by atoms with van der Waals surface area (Å²) in [6, 6.07) is 16.4. The summed E-state index contributed by atoms with van der Waals surface area (Å²) in [5.74, 6) is 0.736. The molecule has 144 valence electrons. The molecule has 30 heavy (non-hydrogen) atoms. The van der Waals surface area contributed by atoms with Gasteiger partial charge in [0.05, 0.1) is 28.4 Å². The monoisotopic (exact) mass is 408 g/mol. The molecule has 2 N–H and O–H groups in total. The van der Waals surface area contributed by atoms with E-state index in [2.05, 4.69) is 56.3 Å². The Bertz CT molecular complexity index is 1510. The predicted molar refractivity (Wildman–Crippen MR) is 120 cm³/mol. The van der Waals surface area contributed by atoms with Gasteiger partial charge < -0.3 is 4.98 Å². The van der Waals surface area contributed by atoms with Crippen molar-refractivity contribution in [3.63, 3.8) is 0 Å². The minimum atomic E-state index is 0.736. The van der Waals surface area contributed by atoms with Gasteiger partial charge in [0, 0.05) is 38.7 Å². The van der Waals surface area contributed by atoms with Crippen LogP contribution >= 0.6 is 11.3 Å². The molecule has 0 saturated carbocycles. The quantitative estimate of drug-likeness (QED) is 0.399. The molecule has 5 aromatic heterocycles. The number of aromatic nitrogens is 6. The third-order valence-corrected chi connectivity index (χ3v) is 6.18. The van der Waals surface area contributed by atoms with Crippen LogP contribution in [0, 0.1) is 6.92 Å². The van der Waals surface area contributed by atoms with E-state index in [1.807, 2.05) is 30.5 Å². The molecule has 0 aliphatic carbocycles. The molecule has 0 fully saturated rings. The molecule has 0 atom stereocenters. The summed E-state index contributed by atoms with van der Waals surface area (Å²) in [5, 5.41) is 8.57. The Morgan fingerprint density at radius 3 is 2.77 bits per heavy atom. The number of para-hydroxylation sites is 1. The summed E-state index contributed by atoms with van der Waals surface area (Å²) < 4.78 is 0. The predicted octanol–water partition coefficient (Wildman–Crippen LogP) is 5.60. The van der Waals surface area contributed by atoms with Gasteiger partial charge in [0.1, 0.15) is 5.69 Å². The van der Waals surface area contributed by atoms with E-state index in [0.717, 1.165) is 50.3 Å². The first-order valence-electron chi connectivity index (χ1n) is 9.57. The van der Waals surface area contributed by atoms with Gasteiger partial charge in [-0.3, -0.25) is 15.1 Å². The summed E-state index contributed by atoms with van der Waals surface area (Å²) in [4.78, 5) is 19.6. The number of thiophene rings is 1. The second kappa shape index (κ2) is 6.60. The van der Waals surface area contributed by atoms with Crippen LogP contribution in [0.15, 0.2) is 67.1 Å². The minimum Gasteiger partial charge on any atom is -0.337 e. The molecule has 7 heteroatoms. The average molecular weight is 408 g/mol. The van der Waals surface area contributed by atoms with Gasteiger partial charge in [0.25, 0.3) is 0 Å². The van der Waals surface area contributed by atoms with Crippen LogP contribution in [0.1, 0.15) is 4.88 Å². The zero-order valence-electron chi connectivity index (χ0n) is 16.0. The number of fused-ring (bicyclic) bond motifs is 2. The summed E-state index contributed by atoms with van der Waals surface area (Å²) in [7, 11) is 0. The lowest BCUT2D eigenvalue weighted by Gasteiger charge is -2.00. The Morgan fingerprint density at radius 2 is 1.93 bits per heavy atom. The normalized spacial score (nSPS) is 11.5. The van der Waals surface area contributed by atoms with Crippen molar-refractivity contribution in [1.29, 1.82) is 0 Å². The molecule has 0 aliphatic rings. The molecule has 0 saturated heterocycles. The highest BCUT2D eigenvalue weighted by Gasteiger charge is 2.16. The maximum atomic E-state index is 4.93. The van der Waals surface area contributed by atoms with Gasteiger partial charge in [-0.15, -0.1) is 11.3 Å². The number of nitrogens with zero attached hydrogens (tertiary/aromatic N) is 4. The topological polar surface area (TPSA) is 83.1 Å². The number of pyridine rings is 2. The third kappa shape index (κ3) is 2.71. The maximum absolute atomic E-state index is 4.93. The Labute approximate surface area is 175 Å². The minimum absolute atomic E-state index is 0.736. The van der Waals surface area contributed by atoms with E-state index in [1.54, 1.807) is 23.7 Å². The maximum Gasteiger partial charge on any atom is 0.159 e. The van der Waals surface area contributed by atoms with Gasteiger partial charge >= 0.3 is 0 Å². The van der Waals surface area contributed by atoms with Crippen molar-refractivity contribution in [3.05, 3.63) is 72.0 Å². The first kappa shape index (κ1) is 17.1. The SMILES string of the molecule is Cc1ccc(-c2cccc3[nH]c(-c4n[nH]c5cnc(-c6cccnc6)cc45)nc23)s1. The molecule has 0 amide bonds. The van der Waals surface area contributed by atoms with Crippen molar-refractivity contribution in [2.75, 3.05) is 0 Å². The van der Waals surface area contributed by atoms with Gasteiger partial charge in [-0.05, 0) is 43.3 Å². The van der Waals surface area contributed by atoms with Gasteiger partial charge in [-0.25, -0.2) is 4.98 Å². The van der Waals surface area contributed by atoms with E-state index in [1.165, 1.54) is 9.75 Å². The van der Waals surface area contributed by atoms with Crippen LogP contribution in [0.5, 0.6) is 0 Å². The molecule has 0 bridgehead atoms. The van der Waals surface area contributed by atoms with Crippen molar-refractivity contribution in [2.24, 2.45) is 0 Å². The average Bonchev–Trinajstić information content (AvgIpc) is 3.51. The first-order chi connectivity index (χ1) is 14.8. The molecule has 0 spiro atoms. The highest BCUT2D eigenvalue weighted by molar-refractivity contribution is 7.15. The van der Waals surface area contributed by atoms with Crippen molar-refractivity contribution < 1.29 is 0 Å². The molecule has 0 aliphatic heterocycles. The van der Waals surface area contributed by atoms with Crippen LogP contribution in [0.2, 0.25) is 0 Å².